The first-order valence-corrected chi connectivity index (χ1v) is 10.8. The second-order valence-electron chi connectivity index (χ2n) is 9.38. The van der Waals surface area contributed by atoms with Crippen LogP contribution < -0.4 is 5.73 Å². The summed E-state index contributed by atoms with van der Waals surface area (Å²) in [6.07, 6.45) is 0.971. The molecule has 0 saturated carbocycles. The maximum Gasteiger partial charge on any atom is 0.166 e. The molecule has 0 heterocycles. The van der Waals surface area contributed by atoms with Crippen molar-refractivity contribution in [2.24, 2.45) is 23.0 Å². The minimum Gasteiger partial charge on any atom is -0.368 e. The van der Waals surface area contributed by atoms with E-state index in [4.69, 9.17) is 15.2 Å². The van der Waals surface area contributed by atoms with E-state index in [9.17, 15) is 14.4 Å². The van der Waals surface area contributed by atoms with Crippen LogP contribution in [0.4, 0.5) is 0 Å². The van der Waals surface area contributed by atoms with E-state index in [1.165, 1.54) is 0 Å². The second-order valence-corrected chi connectivity index (χ2v) is 9.38. The Hall–Kier alpha value is -1.11. The third-order valence-corrected chi connectivity index (χ3v) is 5.71. The standard InChI is InChI=1S/C23H43NO5/c1-14(18(5)24)10-11-16(3)28-19(6)21(26)15(2)12-23(8,9)22(27)20(7)29-17(4)13-25/h13-20H,10-12,24H2,1-9H3. The Morgan fingerprint density at radius 1 is 0.931 bits per heavy atom. The van der Waals surface area contributed by atoms with Crippen molar-refractivity contribution in [3.05, 3.63) is 0 Å². The number of rotatable bonds is 15. The van der Waals surface area contributed by atoms with Crippen molar-refractivity contribution in [3.63, 3.8) is 0 Å². The highest BCUT2D eigenvalue weighted by Gasteiger charge is 2.36. The van der Waals surface area contributed by atoms with Crippen LogP contribution in [0.5, 0.6) is 0 Å². The van der Waals surface area contributed by atoms with Crippen molar-refractivity contribution in [2.45, 2.75) is 112 Å². The molecule has 0 aliphatic rings. The summed E-state index contributed by atoms with van der Waals surface area (Å²) in [7, 11) is 0. The molecule has 0 aliphatic heterocycles. The number of carbonyl (C=O) groups is 3. The predicted octanol–water partition coefficient (Wildman–Crippen LogP) is 3.73. The van der Waals surface area contributed by atoms with Crippen molar-refractivity contribution in [3.8, 4) is 0 Å². The smallest absolute Gasteiger partial charge is 0.166 e. The van der Waals surface area contributed by atoms with Gasteiger partial charge in [0.1, 0.15) is 24.6 Å². The van der Waals surface area contributed by atoms with Crippen LogP contribution in [-0.4, -0.2) is 48.3 Å². The maximum atomic E-state index is 12.8. The van der Waals surface area contributed by atoms with Crippen LogP contribution in [0.3, 0.4) is 0 Å². The molecular weight excluding hydrogens is 370 g/mol. The minimum atomic E-state index is -0.741. The zero-order valence-corrected chi connectivity index (χ0v) is 19.9. The van der Waals surface area contributed by atoms with Gasteiger partial charge in [0, 0.05) is 17.4 Å². The molecule has 0 spiro atoms. The lowest BCUT2D eigenvalue weighted by atomic mass is 9.76. The predicted molar refractivity (Wildman–Crippen MR) is 116 cm³/mol. The summed E-state index contributed by atoms with van der Waals surface area (Å²) in [5, 5.41) is 0. The molecule has 0 rings (SSSR count). The van der Waals surface area contributed by atoms with Crippen molar-refractivity contribution >= 4 is 17.9 Å². The number of ether oxygens (including phenoxy) is 2. The third-order valence-electron chi connectivity index (χ3n) is 5.71. The van der Waals surface area contributed by atoms with Gasteiger partial charge in [0.15, 0.2) is 11.6 Å². The molecule has 0 aliphatic carbocycles. The van der Waals surface area contributed by atoms with E-state index >= 15 is 0 Å². The topological polar surface area (TPSA) is 95.7 Å². The van der Waals surface area contributed by atoms with Gasteiger partial charge in [-0.2, -0.15) is 0 Å². The Morgan fingerprint density at radius 2 is 1.48 bits per heavy atom. The van der Waals surface area contributed by atoms with Gasteiger partial charge in [0.25, 0.3) is 0 Å². The average molecular weight is 414 g/mol. The highest BCUT2D eigenvalue weighted by molar-refractivity contribution is 5.90. The molecule has 6 nitrogen and oxygen atoms in total. The average Bonchev–Trinajstić information content (AvgIpc) is 2.63. The summed E-state index contributed by atoms with van der Waals surface area (Å²) in [6.45, 7) is 16.6. The first kappa shape index (κ1) is 27.9. The van der Waals surface area contributed by atoms with Crippen LogP contribution in [-0.2, 0) is 23.9 Å². The van der Waals surface area contributed by atoms with Gasteiger partial charge in [-0.15, -0.1) is 0 Å². The van der Waals surface area contributed by atoms with Crippen LogP contribution in [0.15, 0.2) is 0 Å². The molecule has 170 valence electrons. The first-order chi connectivity index (χ1) is 13.2. The van der Waals surface area contributed by atoms with Gasteiger partial charge in [-0.1, -0.05) is 27.7 Å². The van der Waals surface area contributed by atoms with Crippen molar-refractivity contribution in [1.82, 2.24) is 0 Å². The summed E-state index contributed by atoms with van der Waals surface area (Å²) < 4.78 is 11.3. The van der Waals surface area contributed by atoms with Gasteiger partial charge in [0.05, 0.1) is 6.10 Å². The number of ketones is 2. The molecule has 0 saturated heterocycles. The van der Waals surface area contributed by atoms with E-state index in [0.29, 0.717) is 18.6 Å². The second kappa shape index (κ2) is 12.6. The summed E-state index contributed by atoms with van der Waals surface area (Å²) in [4.78, 5) is 36.3. The van der Waals surface area contributed by atoms with E-state index in [-0.39, 0.29) is 29.6 Å². The fourth-order valence-corrected chi connectivity index (χ4v) is 3.58. The van der Waals surface area contributed by atoms with Crippen molar-refractivity contribution < 1.29 is 23.9 Å². The number of carbonyl (C=O) groups excluding carboxylic acids is 3. The number of Topliss-reactive ketones (excluding diaryl/α,β-unsaturated/α-hetero) is 2. The van der Waals surface area contributed by atoms with E-state index in [1.54, 1.807) is 20.8 Å². The van der Waals surface area contributed by atoms with Crippen LogP contribution in [0.25, 0.3) is 0 Å². The molecule has 0 aromatic carbocycles. The molecule has 7 unspecified atom stereocenters. The number of aldehydes is 1. The highest BCUT2D eigenvalue weighted by atomic mass is 16.5. The molecular formula is C23H43NO5. The molecule has 29 heavy (non-hydrogen) atoms. The van der Waals surface area contributed by atoms with Gasteiger partial charge >= 0.3 is 0 Å². The van der Waals surface area contributed by atoms with Crippen LogP contribution in [0.1, 0.15) is 81.6 Å². The van der Waals surface area contributed by atoms with Gasteiger partial charge < -0.3 is 20.0 Å². The summed E-state index contributed by atoms with van der Waals surface area (Å²) >= 11 is 0. The number of hydrogen-bond acceptors (Lipinski definition) is 6. The lowest BCUT2D eigenvalue weighted by Gasteiger charge is -2.30. The fraction of sp³-hybridized carbons (Fsp3) is 0.870. The van der Waals surface area contributed by atoms with Crippen molar-refractivity contribution in [2.75, 3.05) is 0 Å². The van der Waals surface area contributed by atoms with Crippen LogP contribution in [0, 0.1) is 17.3 Å². The molecule has 7 atom stereocenters. The monoisotopic (exact) mass is 413 g/mol. The molecule has 0 fully saturated rings. The van der Waals surface area contributed by atoms with Crippen molar-refractivity contribution in [1.29, 1.82) is 0 Å². The molecule has 6 heteroatoms. The molecule has 0 amide bonds. The minimum absolute atomic E-state index is 0.00667. The Bertz CT molecular complexity index is 531. The Balaban J connectivity index is 4.72. The van der Waals surface area contributed by atoms with E-state index in [1.807, 2.05) is 34.6 Å². The number of nitrogens with two attached hydrogens (primary N) is 1. The van der Waals surface area contributed by atoms with Gasteiger partial charge in [-0.25, -0.2) is 0 Å². The number of hydrogen-bond donors (Lipinski definition) is 1. The van der Waals surface area contributed by atoms with Crippen LogP contribution >= 0.6 is 0 Å². The third kappa shape index (κ3) is 9.96. The summed E-state index contributed by atoms with van der Waals surface area (Å²) in [5.41, 5.74) is 5.16. The Morgan fingerprint density at radius 3 is 1.97 bits per heavy atom. The summed E-state index contributed by atoms with van der Waals surface area (Å²) in [6, 6.07) is 0.141. The first-order valence-electron chi connectivity index (χ1n) is 10.8. The molecule has 2 N–H and O–H groups in total. The molecule has 0 aromatic rings. The van der Waals surface area contributed by atoms with Gasteiger partial charge in [0.2, 0.25) is 0 Å². The van der Waals surface area contributed by atoms with E-state index in [0.717, 1.165) is 12.8 Å². The normalized spacial score (nSPS) is 19.5. The molecule has 0 bridgehead atoms. The van der Waals surface area contributed by atoms with Gasteiger partial charge in [-0.05, 0) is 59.8 Å². The maximum absolute atomic E-state index is 12.8. The lowest BCUT2D eigenvalue weighted by Crippen LogP contribution is -2.40. The SMILES string of the molecule is CC(C=O)OC(C)C(=O)C(C)(C)CC(C)C(=O)C(C)OC(C)CCC(C)C(C)N. The Labute approximate surface area is 177 Å². The lowest BCUT2D eigenvalue weighted by molar-refractivity contribution is -0.145. The van der Waals surface area contributed by atoms with Crippen LogP contribution in [0.2, 0.25) is 0 Å². The molecule has 0 aromatic heterocycles. The largest absolute Gasteiger partial charge is 0.368 e. The fourth-order valence-electron chi connectivity index (χ4n) is 3.58. The Kier molecular flexibility index (Phi) is 12.1. The zero-order chi connectivity index (χ0) is 22.9. The van der Waals surface area contributed by atoms with E-state index < -0.39 is 23.7 Å². The summed E-state index contributed by atoms with van der Waals surface area (Å²) in [5.74, 6) is -0.0377. The highest BCUT2D eigenvalue weighted by Crippen LogP contribution is 2.30. The molecule has 0 radical (unpaired) electrons. The quantitative estimate of drug-likeness (QED) is 0.411. The van der Waals surface area contributed by atoms with Gasteiger partial charge in [-0.3, -0.25) is 9.59 Å². The zero-order valence-electron chi connectivity index (χ0n) is 19.9. The van der Waals surface area contributed by atoms with E-state index in [2.05, 4.69) is 6.92 Å².